The average Bonchev–Trinajstić information content (AvgIpc) is 2.56. The van der Waals surface area contributed by atoms with Gasteiger partial charge in [-0.15, -0.1) is 11.3 Å². The maximum Gasteiger partial charge on any atom is 0.252 e. The number of nitrogens with one attached hydrogen (secondary N) is 1. The van der Waals surface area contributed by atoms with Crippen molar-refractivity contribution in [3.05, 3.63) is 21.9 Å². The Bertz CT molecular complexity index is 255. The summed E-state index contributed by atoms with van der Waals surface area (Å²) in [6.45, 7) is 8.60. The molecule has 13 heavy (non-hydrogen) atoms. The maximum absolute atomic E-state index is 11.2. The first-order valence-electron chi connectivity index (χ1n) is 4.57. The van der Waals surface area contributed by atoms with Crippen molar-refractivity contribution < 1.29 is 4.79 Å². The molecule has 2 nitrogen and oxygen atoms in total. The maximum atomic E-state index is 11.2. The molecule has 0 saturated heterocycles. The molecule has 0 fully saturated rings. The fourth-order valence-electron chi connectivity index (χ4n) is 0.825. The summed E-state index contributed by atoms with van der Waals surface area (Å²) in [5, 5.41) is 4.62. The first-order chi connectivity index (χ1) is 6.24. The zero-order valence-electron chi connectivity index (χ0n) is 8.68. The molecule has 0 aliphatic carbocycles. The second-order valence-corrected chi connectivity index (χ2v) is 3.42. The van der Waals surface area contributed by atoms with Crippen LogP contribution in [-0.4, -0.2) is 12.5 Å². The van der Waals surface area contributed by atoms with Gasteiger partial charge >= 0.3 is 0 Å². The Morgan fingerprint density at radius 2 is 2.15 bits per heavy atom. The summed E-state index contributed by atoms with van der Waals surface area (Å²) in [5.74, 6) is 0.0249. The Kier molecular flexibility index (Phi) is 6.24. The molecular formula is C10H17NOS. The zero-order valence-corrected chi connectivity index (χ0v) is 9.49. The summed E-state index contributed by atoms with van der Waals surface area (Å²) < 4.78 is 0. The Labute approximate surface area is 84.0 Å². The first kappa shape index (κ1) is 12.2. The quantitative estimate of drug-likeness (QED) is 0.779. The number of thiophene rings is 1. The third-order valence-corrected chi connectivity index (χ3v) is 2.19. The topological polar surface area (TPSA) is 29.1 Å². The van der Waals surface area contributed by atoms with Gasteiger partial charge in [0.15, 0.2) is 0 Å². The van der Waals surface area contributed by atoms with Crippen LogP contribution in [0, 0.1) is 6.92 Å². The minimum absolute atomic E-state index is 0.0249. The summed E-state index contributed by atoms with van der Waals surface area (Å²) in [7, 11) is 0. The van der Waals surface area contributed by atoms with Gasteiger partial charge in [0.25, 0.3) is 5.91 Å². The third kappa shape index (κ3) is 4.08. The van der Waals surface area contributed by atoms with Crippen LogP contribution in [-0.2, 0) is 0 Å². The van der Waals surface area contributed by atoms with Crippen molar-refractivity contribution in [1.29, 1.82) is 0 Å². The van der Waals surface area contributed by atoms with E-state index in [0.29, 0.717) is 6.54 Å². The standard InChI is InChI=1S/C8H11NOS.C2H6/c1-3-9-8(10)7-4-6(2)11-5-7;1-2/h4-5H,3H2,1-2H3,(H,9,10);1-2H3. The lowest BCUT2D eigenvalue weighted by Crippen LogP contribution is -2.21. The van der Waals surface area contributed by atoms with E-state index in [1.165, 1.54) is 4.88 Å². The molecule has 1 amide bonds. The molecular weight excluding hydrogens is 182 g/mol. The molecule has 1 rings (SSSR count). The van der Waals surface area contributed by atoms with Gasteiger partial charge in [-0.3, -0.25) is 4.79 Å². The van der Waals surface area contributed by atoms with Gasteiger partial charge < -0.3 is 5.32 Å². The predicted octanol–water partition coefficient (Wildman–Crippen LogP) is 2.83. The Hall–Kier alpha value is -0.830. The molecule has 0 saturated carbocycles. The largest absolute Gasteiger partial charge is 0.352 e. The number of rotatable bonds is 2. The van der Waals surface area contributed by atoms with Gasteiger partial charge in [0, 0.05) is 16.8 Å². The highest BCUT2D eigenvalue weighted by atomic mass is 32.1. The van der Waals surface area contributed by atoms with Gasteiger partial charge in [-0.05, 0) is 19.9 Å². The lowest BCUT2D eigenvalue weighted by atomic mass is 10.3. The Morgan fingerprint density at radius 1 is 1.54 bits per heavy atom. The van der Waals surface area contributed by atoms with Gasteiger partial charge in [0.05, 0.1) is 5.56 Å². The number of hydrogen-bond acceptors (Lipinski definition) is 2. The highest BCUT2D eigenvalue weighted by molar-refractivity contribution is 7.10. The van der Waals surface area contributed by atoms with Gasteiger partial charge in [0.1, 0.15) is 0 Å². The first-order valence-corrected chi connectivity index (χ1v) is 5.45. The second-order valence-electron chi connectivity index (χ2n) is 2.31. The minimum atomic E-state index is 0.0249. The molecule has 1 N–H and O–H groups in total. The van der Waals surface area contributed by atoms with E-state index in [0.717, 1.165) is 5.56 Å². The van der Waals surface area contributed by atoms with Crippen molar-refractivity contribution in [1.82, 2.24) is 5.32 Å². The van der Waals surface area contributed by atoms with E-state index in [1.807, 2.05) is 39.1 Å². The second kappa shape index (κ2) is 6.66. The normalized spacial score (nSPS) is 8.62. The van der Waals surface area contributed by atoms with E-state index in [1.54, 1.807) is 11.3 Å². The predicted molar refractivity (Wildman–Crippen MR) is 58.4 cm³/mol. The summed E-state index contributed by atoms with van der Waals surface area (Å²) >= 11 is 1.60. The summed E-state index contributed by atoms with van der Waals surface area (Å²) in [4.78, 5) is 12.3. The van der Waals surface area contributed by atoms with Crippen molar-refractivity contribution in [2.24, 2.45) is 0 Å². The van der Waals surface area contributed by atoms with Gasteiger partial charge in [-0.25, -0.2) is 0 Å². The molecule has 0 aromatic carbocycles. The molecule has 0 aliphatic rings. The van der Waals surface area contributed by atoms with Crippen molar-refractivity contribution >= 4 is 17.2 Å². The molecule has 0 aliphatic heterocycles. The summed E-state index contributed by atoms with van der Waals surface area (Å²) in [6, 6.07) is 1.90. The van der Waals surface area contributed by atoms with Crippen LogP contribution in [0.3, 0.4) is 0 Å². The van der Waals surface area contributed by atoms with Crippen LogP contribution in [0.15, 0.2) is 11.4 Å². The van der Waals surface area contributed by atoms with E-state index in [9.17, 15) is 4.79 Å². The molecule has 0 radical (unpaired) electrons. The number of hydrogen-bond donors (Lipinski definition) is 1. The van der Waals surface area contributed by atoms with E-state index in [2.05, 4.69) is 5.32 Å². The monoisotopic (exact) mass is 199 g/mol. The van der Waals surface area contributed by atoms with Crippen LogP contribution in [0.4, 0.5) is 0 Å². The molecule has 74 valence electrons. The number of carbonyl (C=O) groups is 1. The van der Waals surface area contributed by atoms with Crippen molar-refractivity contribution in [3.63, 3.8) is 0 Å². The van der Waals surface area contributed by atoms with Gasteiger partial charge in [-0.1, -0.05) is 13.8 Å². The van der Waals surface area contributed by atoms with Crippen molar-refractivity contribution in [2.45, 2.75) is 27.7 Å². The highest BCUT2D eigenvalue weighted by Crippen LogP contribution is 2.12. The number of aryl methyl sites for hydroxylation is 1. The minimum Gasteiger partial charge on any atom is -0.352 e. The lowest BCUT2D eigenvalue weighted by Gasteiger charge is -1.96. The third-order valence-electron chi connectivity index (χ3n) is 1.33. The number of amides is 1. The molecule has 0 spiro atoms. The van der Waals surface area contributed by atoms with Crippen LogP contribution in [0.1, 0.15) is 36.0 Å². The molecule has 1 aromatic rings. The van der Waals surface area contributed by atoms with E-state index in [4.69, 9.17) is 0 Å². The van der Waals surface area contributed by atoms with Crippen molar-refractivity contribution in [3.8, 4) is 0 Å². The molecule has 0 atom stereocenters. The molecule has 0 bridgehead atoms. The fraction of sp³-hybridized carbons (Fsp3) is 0.500. The molecule has 1 aromatic heterocycles. The van der Waals surface area contributed by atoms with E-state index >= 15 is 0 Å². The smallest absolute Gasteiger partial charge is 0.252 e. The van der Waals surface area contributed by atoms with Crippen LogP contribution in [0.5, 0.6) is 0 Å². The van der Waals surface area contributed by atoms with Gasteiger partial charge in [0.2, 0.25) is 0 Å². The summed E-state index contributed by atoms with van der Waals surface area (Å²) in [5.41, 5.74) is 0.773. The lowest BCUT2D eigenvalue weighted by molar-refractivity contribution is 0.0956. The van der Waals surface area contributed by atoms with Crippen LogP contribution in [0.2, 0.25) is 0 Å². The Morgan fingerprint density at radius 3 is 2.54 bits per heavy atom. The van der Waals surface area contributed by atoms with Crippen molar-refractivity contribution in [2.75, 3.05) is 6.54 Å². The van der Waals surface area contributed by atoms with Crippen LogP contribution < -0.4 is 5.32 Å². The highest BCUT2D eigenvalue weighted by Gasteiger charge is 2.04. The Balaban J connectivity index is 0.000000671. The summed E-state index contributed by atoms with van der Waals surface area (Å²) in [6.07, 6.45) is 0. The number of carbonyl (C=O) groups excluding carboxylic acids is 1. The molecule has 0 unspecified atom stereocenters. The van der Waals surface area contributed by atoms with Crippen LogP contribution in [0.25, 0.3) is 0 Å². The SMILES string of the molecule is CC.CCNC(=O)c1csc(C)c1. The van der Waals surface area contributed by atoms with Crippen LogP contribution >= 0.6 is 11.3 Å². The molecule has 1 heterocycles. The molecule has 3 heteroatoms. The fourth-order valence-corrected chi connectivity index (χ4v) is 1.51. The zero-order chi connectivity index (χ0) is 10.3. The van der Waals surface area contributed by atoms with E-state index in [-0.39, 0.29) is 5.91 Å². The average molecular weight is 199 g/mol. The van der Waals surface area contributed by atoms with Gasteiger partial charge in [-0.2, -0.15) is 0 Å². The van der Waals surface area contributed by atoms with E-state index < -0.39 is 0 Å².